The van der Waals surface area contributed by atoms with Crippen molar-refractivity contribution < 1.29 is 0 Å². The van der Waals surface area contributed by atoms with Gasteiger partial charge in [0.25, 0.3) is 0 Å². The van der Waals surface area contributed by atoms with Crippen LogP contribution in [-0.4, -0.2) is 11.1 Å². The molecule has 0 spiro atoms. The molecule has 0 aromatic carbocycles. The van der Waals surface area contributed by atoms with Gasteiger partial charge < -0.3 is 9.88 Å². The Kier molecular flexibility index (Phi) is 1.93. The van der Waals surface area contributed by atoms with Crippen LogP contribution in [-0.2, 0) is 6.54 Å². The van der Waals surface area contributed by atoms with E-state index in [1.165, 1.54) is 17.8 Å². The van der Waals surface area contributed by atoms with Gasteiger partial charge in [0.2, 0.25) is 0 Å². The molecule has 0 saturated carbocycles. The maximum atomic E-state index is 3.52. The lowest BCUT2D eigenvalue weighted by atomic mass is 10.1. The normalized spacial score (nSPS) is 22.3. The van der Waals surface area contributed by atoms with Gasteiger partial charge >= 0.3 is 0 Å². The highest BCUT2D eigenvalue weighted by atomic mass is 15.1. The minimum Gasteiger partial charge on any atom is -0.346 e. The number of fused-ring (bicyclic) bond motifs is 1. The van der Waals surface area contributed by atoms with Crippen LogP contribution in [0.5, 0.6) is 0 Å². The first kappa shape index (κ1) is 7.87. The molecule has 1 atom stereocenters. The number of hydrogen-bond donors (Lipinski definition) is 1. The molecule has 1 N–H and O–H groups in total. The summed E-state index contributed by atoms with van der Waals surface area (Å²) in [5, 5.41) is 3.52. The summed E-state index contributed by atoms with van der Waals surface area (Å²) in [6.07, 6.45) is 1.18. The van der Waals surface area contributed by atoms with Crippen molar-refractivity contribution >= 4 is 0 Å². The van der Waals surface area contributed by atoms with Gasteiger partial charge in [0.05, 0.1) is 0 Å². The number of nitrogens with one attached hydrogen (secondary N) is 1. The highest BCUT2D eigenvalue weighted by Gasteiger charge is 2.18. The minimum atomic E-state index is 0.576. The quantitative estimate of drug-likeness (QED) is 0.670. The van der Waals surface area contributed by atoms with E-state index in [0.717, 1.165) is 13.1 Å². The van der Waals surface area contributed by atoms with E-state index in [2.05, 4.69) is 35.9 Å². The van der Waals surface area contributed by atoms with Gasteiger partial charge in [-0.15, -0.1) is 0 Å². The highest BCUT2D eigenvalue weighted by molar-refractivity contribution is 5.20. The average molecular weight is 164 g/mol. The van der Waals surface area contributed by atoms with Crippen molar-refractivity contribution in [3.05, 3.63) is 23.5 Å². The number of rotatable bonds is 1. The zero-order valence-corrected chi connectivity index (χ0v) is 7.80. The molecule has 0 bridgehead atoms. The number of hydrogen-bond acceptors (Lipinski definition) is 1. The van der Waals surface area contributed by atoms with E-state index in [0.29, 0.717) is 6.04 Å². The van der Waals surface area contributed by atoms with E-state index in [4.69, 9.17) is 0 Å². The van der Waals surface area contributed by atoms with E-state index in [1.54, 1.807) is 0 Å². The van der Waals surface area contributed by atoms with Crippen LogP contribution in [0.15, 0.2) is 12.1 Å². The van der Waals surface area contributed by atoms with Crippen molar-refractivity contribution in [2.75, 3.05) is 6.54 Å². The first-order valence-electron chi connectivity index (χ1n) is 4.72. The molecule has 0 aliphatic carbocycles. The largest absolute Gasteiger partial charge is 0.346 e. The monoisotopic (exact) mass is 164 g/mol. The van der Waals surface area contributed by atoms with E-state index in [9.17, 15) is 0 Å². The smallest absolute Gasteiger partial charge is 0.0472 e. The lowest BCUT2D eigenvalue weighted by Gasteiger charge is -2.26. The first-order chi connectivity index (χ1) is 5.83. The van der Waals surface area contributed by atoms with Crippen LogP contribution in [0.3, 0.4) is 0 Å². The molecule has 66 valence electrons. The van der Waals surface area contributed by atoms with Gasteiger partial charge in [-0.2, -0.15) is 0 Å². The molecule has 1 aliphatic rings. The predicted octanol–water partition coefficient (Wildman–Crippen LogP) is 1.85. The number of aryl methyl sites for hydroxylation is 1. The highest BCUT2D eigenvalue weighted by Crippen LogP contribution is 2.22. The summed E-state index contributed by atoms with van der Waals surface area (Å²) in [6, 6.07) is 5.04. The molecule has 0 saturated heterocycles. The Balaban J connectivity index is 2.38. The van der Waals surface area contributed by atoms with E-state index < -0.39 is 0 Å². The van der Waals surface area contributed by atoms with Gasteiger partial charge in [0.1, 0.15) is 0 Å². The van der Waals surface area contributed by atoms with Crippen molar-refractivity contribution in [1.82, 2.24) is 9.88 Å². The second kappa shape index (κ2) is 2.94. The summed E-state index contributed by atoms with van der Waals surface area (Å²) in [5.41, 5.74) is 2.85. The molecule has 2 rings (SSSR count). The molecular weight excluding hydrogens is 148 g/mol. The number of nitrogens with zero attached hydrogens (tertiary/aromatic N) is 1. The third kappa shape index (κ3) is 1.07. The van der Waals surface area contributed by atoms with Crippen LogP contribution in [0.25, 0.3) is 0 Å². The van der Waals surface area contributed by atoms with E-state index in [-0.39, 0.29) is 0 Å². The predicted molar refractivity (Wildman–Crippen MR) is 50.2 cm³/mol. The van der Waals surface area contributed by atoms with Crippen molar-refractivity contribution in [2.45, 2.75) is 32.9 Å². The molecule has 2 heterocycles. The second-order valence-corrected chi connectivity index (χ2v) is 3.47. The van der Waals surface area contributed by atoms with Crippen LogP contribution in [0.4, 0.5) is 0 Å². The van der Waals surface area contributed by atoms with Crippen molar-refractivity contribution in [1.29, 1.82) is 0 Å². The minimum absolute atomic E-state index is 0.576. The molecule has 0 fully saturated rings. The summed E-state index contributed by atoms with van der Waals surface area (Å²) in [5.74, 6) is 0. The van der Waals surface area contributed by atoms with Gasteiger partial charge in [-0.1, -0.05) is 6.92 Å². The fourth-order valence-corrected chi connectivity index (χ4v) is 2.01. The van der Waals surface area contributed by atoms with Crippen molar-refractivity contribution in [2.24, 2.45) is 0 Å². The first-order valence-corrected chi connectivity index (χ1v) is 4.72. The molecule has 1 aromatic rings. The van der Waals surface area contributed by atoms with E-state index >= 15 is 0 Å². The molecule has 12 heavy (non-hydrogen) atoms. The zero-order chi connectivity index (χ0) is 8.55. The molecule has 0 unspecified atom stereocenters. The van der Waals surface area contributed by atoms with Crippen LogP contribution in [0.1, 0.15) is 30.8 Å². The van der Waals surface area contributed by atoms with Crippen LogP contribution in [0, 0.1) is 6.92 Å². The summed E-state index contributed by atoms with van der Waals surface area (Å²) >= 11 is 0. The van der Waals surface area contributed by atoms with Crippen LogP contribution >= 0.6 is 0 Å². The molecule has 2 heteroatoms. The fraction of sp³-hybridized carbons (Fsp3) is 0.600. The Morgan fingerprint density at radius 3 is 3.17 bits per heavy atom. The summed E-state index contributed by atoms with van der Waals surface area (Å²) in [7, 11) is 0. The van der Waals surface area contributed by atoms with Crippen molar-refractivity contribution in [3.8, 4) is 0 Å². The maximum absolute atomic E-state index is 3.52. The third-order valence-electron chi connectivity index (χ3n) is 2.72. The van der Waals surface area contributed by atoms with Gasteiger partial charge in [-0.3, -0.25) is 0 Å². The SMILES string of the molecule is CC[C@@H]1NCCn2c(C)ccc21. The Labute approximate surface area is 73.6 Å². The van der Waals surface area contributed by atoms with Gasteiger partial charge in [-0.05, 0) is 25.5 Å². The third-order valence-corrected chi connectivity index (χ3v) is 2.72. The maximum Gasteiger partial charge on any atom is 0.0472 e. The van der Waals surface area contributed by atoms with Crippen LogP contribution < -0.4 is 5.32 Å². The Bertz CT molecular complexity index is 275. The van der Waals surface area contributed by atoms with Gasteiger partial charge in [0.15, 0.2) is 0 Å². The lowest BCUT2D eigenvalue weighted by molar-refractivity contribution is 0.413. The molecule has 0 radical (unpaired) electrons. The second-order valence-electron chi connectivity index (χ2n) is 3.47. The van der Waals surface area contributed by atoms with Gasteiger partial charge in [0, 0.05) is 30.5 Å². The Morgan fingerprint density at radius 2 is 2.42 bits per heavy atom. The van der Waals surface area contributed by atoms with Gasteiger partial charge in [-0.25, -0.2) is 0 Å². The standard InChI is InChI=1S/C10H16N2/c1-3-9-10-5-4-8(2)12(10)7-6-11-9/h4-5,9,11H,3,6-7H2,1-2H3/t9-/m0/s1. The van der Waals surface area contributed by atoms with Crippen LogP contribution in [0.2, 0.25) is 0 Å². The molecule has 1 aromatic heterocycles. The molecule has 0 amide bonds. The lowest BCUT2D eigenvalue weighted by Crippen LogP contribution is -2.32. The zero-order valence-electron chi connectivity index (χ0n) is 7.80. The molecule has 2 nitrogen and oxygen atoms in total. The van der Waals surface area contributed by atoms with Crippen molar-refractivity contribution in [3.63, 3.8) is 0 Å². The summed E-state index contributed by atoms with van der Waals surface area (Å²) in [6.45, 7) is 6.66. The number of aromatic nitrogens is 1. The summed E-state index contributed by atoms with van der Waals surface area (Å²) < 4.78 is 2.42. The van der Waals surface area contributed by atoms with E-state index in [1.807, 2.05) is 0 Å². The Hall–Kier alpha value is -0.760. The average Bonchev–Trinajstić information content (AvgIpc) is 2.48. The molecule has 1 aliphatic heterocycles. The fourth-order valence-electron chi connectivity index (χ4n) is 2.01. The topological polar surface area (TPSA) is 17.0 Å². The Morgan fingerprint density at radius 1 is 1.58 bits per heavy atom. The molecular formula is C10H16N2. The summed E-state index contributed by atoms with van der Waals surface area (Å²) in [4.78, 5) is 0.